The number of allylic oxidation sites excluding steroid dienone is 1. The van der Waals surface area contributed by atoms with Crippen LogP contribution in [0.2, 0.25) is 0 Å². The second-order valence-electron chi connectivity index (χ2n) is 5.78. The van der Waals surface area contributed by atoms with Gasteiger partial charge in [-0.1, -0.05) is 42.0 Å². The molecule has 0 saturated carbocycles. The number of nitrogens with zero attached hydrogens (tertiary/aromatic N) is 1. The lowest BCUT2D eigenvalue weighted by atomic mass is 9.87. The Labute approximate surface area is 116 Å². The molecule has 1 saturated heterocycles. The SMILES string of the molecule is CC(C)=CCN1CCC(C(O)c2ccccc2)CC1. The third-order valence-electron chi connectivity index (χ3n) is 3.98. The van der Waals surface area contributed by atoms with Crippen LogP contribution in [0.15, 0.2) is 42.0 Å². The summed E-state index contributed by atoms with van der Waals surface area (Å²) in [5.74, 6) is 0.408. The Morgan fingerprint density at radius 2 is 1.89 bits per heavy atom. The molecule has 1 fully saturated rings. The van der Waals surface area contributed by atoms with E-state index in [1.165, 1.54) is 5.57 Å². The molecule has 1 atom stereocenters. The maximum absolute atomic E-state index is 10.4. The fraction of sp³-hybridized carbons (Fsp3) is 0.529. The Kier molecular flexibility index (Phi) is 5.17. The quantitative estimate of drug-likeness (QED) is 0.838. The van der Waals surface area contributed by atoms with Crippen molar-refractivity contribution in [2.45, 2.75) is 32.8 Å². The van der Waals surface area contributed by atoms with Crippen LogP contribution in [0.1, 0.15) is 38.4 Å². The molecular weight excluding hydrogens is 234 g/mol. The van der Waals surface area contributed by atoms with Gasteiger partial charge in [-0.2, -0.15) is 0 Å². The summed E-state index contributed by atoms with van der Waals surface area (Å²) in [6.07, 6.45) is 4.17. The highest BCUT2D eigenvalue weighted by Crippen LogP contribution is 2.30. The van der Waals surface area contributed by atoms with Crippen molar-refractivity contribution in [2.24, 2.45) is 5.92 Å². The summed E-state index contributed by atoms with van der Waals surface area (Å²) in [6, 6.07) is 10.1. The van der Waals surface area contributed by atoms with E-state index in [9.17, 15) is 5.11 Å². The average Bonchev–Trinajstić information content (AvgIpc) is 2.46. The van der Waals surface area contributed by atoms with Gasteiger partial charge in [-0.15, -0.1) is 0 Å². The summed E-state index contributed by atoms with van der Waals surface area (Å²) in [5, 5.41) is 10.4. The molecule has 0 aliphatic carbocycles. The lowest BCUT2D eigenvalue weighted by molar-refractivity contribution is 0.0620. The second kappa shape index (κ2) is 6.88. The van der Waals surface area contributed by atoms with Gasteiger partial charge in [0, 0.05) is 6.54 Å². The maximum Gasteiger partial charge on any atom is 0.0819 e. The molecule has 1 aliphatic heterocycles. The van der Waals surface area contributed by atoms with Crippen LogP contribution in [0.4, 0.5) is 0 Å². The Morgan fingerprint density at radius 3 is 2.47 bits per heavy atom. The van der Waals surface area contributed by atoms with E-state index in [-0.39, 0.29) is 6.10 Å². The highest BCUT2D eigenvalue weighted by Gasteiger charge is 2.25. The largest absolute Gasteiger partial charge is 0.388 e. The Morgan fingerprint density at radius 1 is 1.26 bits per heavy atom. The maximum atomic E-state index is 10.4. The number of hydrogen-bond acceptors (Lipinski definition) is 2. The smallest absolute Gasteiger partial charge is 0.0819 e. The third-order valence-corrected chi connectivity index (χ3v) is 3.98. The van der Waals surface area contributed by atoms with Gasteiger partial charge >= 0.3 is 0 Å². The van der Waals surface area contributed by atoms with Crippen molar-refractivity contribution in [3.05, 3.63) is 47.5 Å². The first-order valence-corrected chi connectivity index (χ1v) is 7.25. The minimum Gasteiger partial charge on any atom is -0.388 e. The first-order chi connectivity index (χ1) is 9.16. The summed E-state index contributed by atoms with van der Waals surface area (Å²) in [7, 11) is 0. The summed E-state index contributed by atoms with van der Waals surface area (Å²) in [6.45, 7) is 7.53. The minimum atomic E-state index is -0.299. The number of aliphatic hydroxyl groups is 1. The molecule has 1 unspecified atom stereocenters. The predicted molar refractivity (Wildman–Crippen MR) is 80.0 cm³/mol. The van der Waals surface area contributed by atoms with E-state index in [0.29, 0.717) is 5.92 Å². The minimum absolute atomic E-state index is 0.299. The van der Waals surface area contributed by atoms with Crippen molar-refractivity contribution in [3.63, 3.8) is 0 Å². The van der Waals surface area contributed by atoms with Gasteiger partial charge in [0.15, 0.2) is 0 Å². The Bertz CT molecular complexity index is 401. The summed E-state index contributed by atoms with van der Waals surface area (Å²) in [4.78, 5) is 2.47. The van der Waals surface area contributed by atoms with Crippen molar-refractivity contribution in [3.8, 4) is 0 Å². The summed E-state index contributed by atoms with van der Waals surface area (Å²) < 4.78 is 0. The van der Waals surface area contributed by atoms with Crippen molar-refractivity contribution in [2.75, 3.05) is 19.6 Å². The molecular formula is C17H25NO. The van der Waals surface area contributed by atoms with Gasteiger partial charge < -0.3 is 5.11 Å². The highest BCUT2D eigenvalue weighted by molar-refractivity contribution is 5.18. The van der Waals surface area contributed by atoms with Crippen LogP contribution in [-0.4, -0.2) is 29.6 Å². The van der Waals surface area contributed by atoms with E-state index in [2.05, 4.69) is 24.8 Å². The number of likely N-dealkylation sites (tertiary alicyclic amines) is 1. The number of aliphatic hydroxyl groups excluding tert-OH is 1. The molecule has 0 radical (unpaired) electrons. The topological polar surface area (TPSA) is 23.5 Å². The van der Waals surface area contributed by atoms with E-state index < -0.39 is 0 Å². The molecule has 0 bridgehead atoms. The predicted octanol–water partition coefficient (Wildman–Crippen LogP) is 3.40. The summed E-state index contributed by atoms with van der Waals surface area (Å²) in [5.41, 5.74) is 2.44. The number of piperidine rings is 1. The number of benzene rings is 1. The van der Waals surface area contributed by atoms with Crippen LogP contribution < -0.4 is 0 Å². The van der Waals surface area contributed by atoms with Gasteiger partial charge in [0.2, 0.25) is 0 Å². The van der Waals surface area contributed by atoms with E-state index in [4.69, 9.17) is 0 Å². The second-order valence-corrected chi connectivity index (χ2v) is 5.78. The fourth-order valence-electron chi connectivity index (χ4n) is 2.69. The van der Waals surface area contributed by atoms with Crippen molar-refractivity contribution >= 4 is 0 Å². The zero-order valence-electron chi connectivity index (χ0n) is 12.0. The molecule has 2 heteroatoms. The third kappa shape index (κ3) is 4.19. The van der Waals surface area contributed by atoms with Gasteiger partial charge in [0.1, 0.15) is 0 Å². The number of rotatable bonds is 4. The summed E-state index contributed by atoms with van der Waals surface area (Å²) >= 11 is 0. The molecule has 19 heavy (non-hydrogen) atoms. The lowest BCUT2D eigenvalue weighted by Gasteiger charge is -2.33. The molecule has 1 aliphatic rings. The molecule has 0 spiro atoms. The molecule has 2 nitrogen and oxygen atoms in total. The Hall–Kier alpha value is -1.12. The van der Waals surface area contributed by atoms with Crippen LogP contribution in [-0.2, 0) is 0 Å². The van der Waals surface area contributed by atoms with Gasteiger partial charge in [-0.3, -0.25) is 4.90 Å². The molecule has 0 amide bonds. The normalized spacial score (nSPS) is 19.1. The fourth-order valence-corrected chi connectivity index (χ4v) is 2.69. The van der Waals surface area contributed by atoms with E-state index in [1.807, 2.05) is 30.3 Å². The van der Waals surface area contributed by atoms with Crippen LogP contribution in [0, 0.1) is 5.92 Å². The van der Waals surface area contributed by atoms with Crippen LogP contribution in [0.25, 0.3) is 0 Å². The van der Waals surface area contributed by atoms with Crippen molar-refractivity contribution < 1.29 is 5.11 Å². The van der Waals surface area contributed by atoms with E-state index in [0.717, 1.165) is 38.0 Å². The molecule has 1 aromatic carbocycles. The van der Waals surface area contributed by atoms with Crippen molar-refractivity contribution in [1.29, 1.82) is 0 Å². The first-order valence-electron chi connectivity index (χ1n) is 7.25. The zero-order valence-corrected chi connectivity index (χ0v) is 12.0. The Balaban J connectivity index is 1.85. The highest BCUT2D eigenvalue weighted by atomic mass is 16.3. The molecule has 0 aromatic heterocycles. The van der Waals surface area contributed by atoms with Gasteiger partial charge in [-0.25, -0.2) is 0 Å². The molecule has 1 heterocycles. The molecule has 104 valence electrons. The molecule has 2 rings (SSSR count). The average molecular weight is 259 g/mol. The van der Waals surface area contributed by atoms with Crippen LogP contribution >= 0.6 is 0 Å². The molecule has 1 aromatic rings. The van der Waals surface area contributed by atoms with Crippen LogP contribution in [0.5, 0.6) is 0 Å². The monoisotopic (exact) mass is 259 g/mol. The number of hydrogen-bond donors (Lipinski definition) is 1. The zero-order chi connectivity index (χ0) is 13.7. The molecule has 1 N–H and O–H groups in total. The van der Waals surface area contributed by atoms with E-state index in [1.54, 1.807) is 0 Å². The first kappa shape index (κ1) is 14.3. The standard InChI is InChI=1S/C17H25NO/c1-14(2)8-11-18-12-9-16(10-13-18)17(19)15-6-4-3-5-7-15/h3-8,16-17,19H,9-13H2,1-2H3. The van der Waals surface area contributed by atoms with E-state index >= 15 is 0 Å². The van der Waals surface area contributed by atoms with Gasteiger partial charge in [-0.05, 0) is 51.3 Å². The van der Waals surface area contributed by atoms with Crippen molar-refractivity contribution in [1.82, 2.24) is 4.90 Å². The van der Waals surface area contributed by atoms with Crippen LogP contribution in [0.3, 0.4) is 0 Å². The van der Waals surface area contributed by atoms with Gasteiger partial charge in [0.05, 0.1) is 6.10 Å². The lowest BCUT2D eigenvalue weighted by Crippen LogP contribution is -2.35. The van der Waals surface area contributed by atoms with Gasteiger partial charge in [0.25, 0.3) is 0 Å².